The quantitative estimate of drug-likeness (QED) is 0.745. The van der Waals surface area contributed by atoms with Crippen molar-refractivity contribution in [1.82, 2.24) is 9.88 Å². The Morgan fingerprint density at radius 1 is 1.42 bits per heavy atom. The van der Waals surface area contributed by atoms with E-state index in [1.807, 2.05) is 28.9 Å². The normalized spacial score (nSPS) is 19.7. The molecule has 1 aliphatic rings. The van der Waals surface area contributed by atoms with Crippen LogP contribution in [0.5, 0.6) is 0 Å². The molecule has 0 aromatic carbocycles. The van der Waals surface area contributed by atoms with Gasteiger partial charge in [0.15, 0.2) is 0 Å². The zero-order valence-corrected chi connectivity index (χ0v) is 12.4. The molecule has 0 spiro atoms. The summed E-state index contributed by atoms with van der Waals surface area (Å²) in [6.07, 6.45) is 9.15. The maximum absolute atomic E-state index is 12.1. The third-order valence-corrected chi connectivity index (χ3v) is 4.70. The number of thioether (sulfide) groups is 1. The molecule has 0 aliphatic carbocycles. The number of hydrogen-bond acceptors (Lipinski definition) is 3. The van der Waals surface area contributed by atoms with Gasteiger partial charge >= 0.3 is 0 Å². The fourth-order valence-corrected chi connectivity index (χ4v) is 3.62. The van der Waals surface area contributed by atoms with Crippen LogP contribution in [-0.4, -0.2) is 28.1 Å². The standard InChI is InChI=1S/C15H22N2OS/c1-2-3-4-5-10-17-14(18)8-11-19-15(17)13-7-6-9-16-12-13/h6-7,9,12,15H,2-5,8,10-11H2,1H3. The SMILES string of the molecule is CCCCCCN1C(=O)CCSC1c1cccnc1. The van der Waals surface area contributed by atoms with E-state index in [1.54, 1.807) is 6.20 Å². The van der Waals surface area contributed by atoms with Crippen molar-refractivity contribution in [3.8, 4) is 0 Å². The Hall–Kier alpha value is -1.03. The molecule has 2 rings (SSSR count). The van der Waals surface area contributed by atoms with Crippen LogP contribution < -0.4 is 0 Å². The van der Waals surface area contributed by atoms with Crippen LogP contribution in [0.25, 0.3) is 0 Å². The summed E-state index contributed by atoms with van der Waals surface area (Å²) in [5.74, 6) is 1.22. The van der Waals surface area contributed by atoms with Gasteiger partial charge in [-0.1, -0.05) is 32.3 Å². The van der Waals surface area contributed by atoms with Gasteiger partial charge in [0, 0.05) is 36.7 Å². The van der Waals surface area contributed by atoms with Gasteiger partial charge in [-0.05, 0) is 12.5 Å². The molecule has 0 bridgehead atoms. The second-order valence-electron chi connectivity index (χ2n) is 4.91. The third-order valence-electron chi connectivity index (χ3n) is 3.42. The number of carbonyl (C=O) groups is 1. The molecular formula is C15H22N2OS. The van der Waals surface area contributed by atoms with Crippen LogP contribution in [0.2, 0.25) is 0 Å². The fraction of sp³-hybridized carbons (Fsp3) is 0.600. The smallest absolute Gasteiger partial charge is 0.224 e. The maximum Gasteiger partial charge on any atom is 0.224 e. The monoisotopic (exact) mass is 278 g/mol. The van der Waals surface area contributed by atoms with Crippen LogP contribution >= 0.6 is 11.8 Å². The molecule has 19 heavy (non-hydrogen) atoms. The van der Waals surface area contributed by atoms with Crippen molar-refractivity contribution >= 4 is 17.7 Å². The van der Waals surface area contributed by atoms with E-state index in [0.29, 0.717) is 12.3 Å². The predicted octanol–water partition coefficient (Wildman–Crippen LogP) is 3.63. The minimum atomic E-state index is 0.163. The lowest BCUT2D eigenvalue weighted by atomic mass is 10.1. The van der Waals surface area contributed by atoms with Crippen LogP contribution in [0.4, 0.5) is 0 Å². The minimum absolute atomic E-state index is 0.163. The molecule has 0 saturated carbocycles. The molecule has 1 aromatic rings. The average molecular weight is 278 g/mol. The molecule has 1 fully saturated rings. The fourth-order valence-electron chi connectivity index (χ4n) is 2.37. The molecule has 1 aromatic heterocycles. The second kappa shape index (κ2) is 7.53. The first kappa shape index (κ1) is 14.4. The highest BCUT2D eigenvalue weighted by atomic mass is 32.2. The summed E-state index contributed by atoms with van der Waals surface area (Å²) in [7, 11) is 0. The highest BCUT2D eigenvalue weighted by Crippen LogP contribution is 2.36. The highest BCUT2D eigenvalue weighted by Gasteiger charge is 2.29. The minimum Gasteiger partial charge on any atom is -0.326 e. The maximum atomic E-state index is 12.1. The van der Waals surface area contributed by atoms with E-state index in [9.17, 15) is 4.79 Å². The van der Waals surface area contributed by atoms with Crippen molar-refractivity contribution < 1.29 is 4.79 Å². The Morgan fingerprint density at radius 3 is 3.05 bits per heavy atom. The molecule has 104 valence electrons. The van der Waals surface area contributed by atoms with Gasteiger partial charge in [-0.3, -0.25) is 9.78 Å². The number of amides is 1. The van der Waals surface area contributed by atoms with E-state index < -0.39 is 0 Å². The lowest BCUT2D eigenvalue weighted by Gasteiger charge is -2.35. The van der Waals surface area contributed by atoms with Crippen molar-refractivity contribution in [3.05, 3.63) is 30.1 Å². The zero-order valence-electron chi connectivity index (χ0n) is 11.5. The molecule has 1 atom stereocenters. The molecule has 0 N–H and O–H groups in total. The Labute approximate surface area is 119 Å². The van der Waals surface area contributed by atoms with Gasteiger partial charge in [0.25, 0.3) is 0 Å². The summed E-state index contributed by atoms with van der Waals surface area (Å²) in [4.78, 5) is 18.4. The summed E-state index contributed by atoms with van der Waals surface area (Å²) in [6, 6.07) is 4.02. The van der Waals surface area contributed by atoms with Crippen molar-refractivity contribution in [1.29, 1.82) is 0 Å². The van der Waals surface area contributed by atoms with Gasteiger partial charge in [0.05, 0.1) is 0 Å². The predicted molar refractivity (Wildman–Crippen MR) is 79.9 cm³/mol. The lowest BCUT2D eigenvalue weighted by Crippen LogP contribution is -2.38. The lowest BCUT2D eigenvalue weighted by molar-refractivity contribution is -0.132. The molecule has 3 nitrogen and oxygen atoms in total. The van der Waals surface area contributed by atoms with Crippen molar-refractivity contribution in [2.45, 2.75) is 44.4 Å². The number of carbonyl (C=O) groups excluding carboxylic acids is 1. The molecule has 0 radical (unpaired) electrons. The number of unbranched alkanes of at least 4 members (excludes halogenated alkanes) is 3. The van der Waals surface area contributed by atoms with Gasteiger partial charge in [-0.2, -0.15) is 0 Å². The van der Waals surface area contributed by atoms with Crippen molar-refractivity contribution in [2.75, 3.05) is 12.3 Å². The number of aromatic nitrogens is 1. The molecule has 1 aliphatic heterocycles. The molecule has 1 unspecified atom stereocenters. The summed E-state index contributed by atoms with van der Waals surface area (Å²) in [5, 5.41) is 0.163. The summed E-state index contributed by atoms with van der Waals surface area (Å²) in [6.45, 7) is 3.09. The second-order valence-corrected chi connectivity index (χ2v) is 6.10. The average Bonchev–Trinajstić information content (AvgIpc) is 2.46. The Bertz CT molecular complexity index is 396. The van der Waals surface area contributed by atoms with Crippen LogP contribution in [0, 0.1) is 0 Å². The summed E-state index contributed by atoms with van der Waals surface area (Å²) < 4.78 is 0. The summed E-state index contributed by atoms with van der Waals surface area (Å²) in [5.41, 5.74) is 1.15. The number of nitrogens with zero attached hydrogens (tertiary/aromatic N) is 2. The molecule has 1 saturated heterocycles. The van der Waals surface area contributed by atoms with Gasteiger partial charge in [-0.25, -0.2) is 0 Å². The number of hydrogen-bond donors (Lipinski definition) is 0. The first-order valence-electron chi connectivity index (χ1n) is 7.14. The molecular weight excluding hydrogens is 256 g/mol. The van der Waals surface area contributed by atoms with E-state index in [1.165, 1.54) is 19.3 Å². The van der Waals surface area contributed by atoms with E-state index in [0.717, 1.165) is 24.3 Å². The number of rotatable bonds is 6. The zero-order chi connectivity index (χ0) is 13.5. The van der Waals surface area contributed by atoms with Crippen molar-refractivity contribution in [3.63, 3.8) is 0 Å². The Morgan fingerprint density at radius 2 is 2.32 bits per heavy atom. The summed E-state index contributed by atoms with van der Waals surface area (Å²) >= 11 is 1.86. The largest absolute Gasteiger partial charge is 0.326 e. The molecule has 1 amide bonds. The first-order valence-corrected chi connectivity index (χ1v) is 8.19. The van der Waals surface area contributed by atoms with Gasteiger partial charge in [0.2, 0.25) is 5.91 Å². The van der Waals surface area contributed by atoms with E-state index in [4.69, 9.17) is 0 Å². The molecule has 2 heterocycles. The molecule has 4 heteroatoms. The van der Waals surface area contributed by atoms with Crippen LogP contribution in [0.15, 0.2) is 24.5 Å². The van der Waals surface area contributed by atoms with Gasteiger partial charge < -0.3 is 4.90 Å². The first-order chi connectivity index (χ1) is 9.33. The van der Waals surface area contributed by atoms with E-state index in [-0.39, 0.29) is 5.37 Å². The van der Waals surface area contributed by atoms with Crippen LogP contribution in [0.1, 0.15) is 50.0 Å². The van der Waals surface area contributed by atoms with Crippen LogP contribution in [0.3, 0.4) is 0 Å². The van der Waals surface area contributed by atoms with Crippen LogP contribution in [-0.2, 0) is 4.79 Å². The van der Waals surface area contributed by atoms with E-state index in [2.05, 4.69) is 18.0 Å². The highest BCUT2D eigenvalue weighted by molar-refractivity contribution is 7.99. The van der Waals surface area contributed by atoms with Gasteiger partial charge in [0.1, 0.15) is 5.37 Å². The number of pyridine rings is 1. The van der Waals surface area contributed by atoms with Crippen molar-refractivity contribution in [2.24, 2.45) is 0 Å². The van der Waals surface area contributed by atoms with E-state index >= 15 is 0 Å². The van der Waals surface area contributed by atoms with Gasteiger partial charge in [-0.15, -0.1) is 11.8 Å². The Kier molecular flexibility index (Phi) is 5.70. The topological polar surface area (TPSA) is 33.2 Å². The Balaban J connectivity index is 2.00. The third kappa shape index (κ3) is 3.96.